The Bertz CT molecular complexity index is 500. The number of aryl methyl sites for hydroxylation is 1. The molecule has 0 saturated carbocycles. The number of hydrogen-bond donors (Lipinski definition) is 0. The van der Waals surface area contributed by atoms with E-state index in [0.29, 0.717) is 0 Å². The zero-order valence-electron chi connectivity index (χ0n) is 11.3. The third kappa shape index (κ3) is 3.36. The van der Waals surface area contributed by atoms with Crippen LogP contribution in [0.25, 0.3) is 0 Å². The molecule has 0 fully saturated rings. The quantitative estimate of drug-likeness (QED) is 0.771. The Kier molecular flexibility index (Phi) is 4.03. The summed E-state index contributed by atoms with van der Waals surface area (Å²) in [6.45, 7) is 6.21. The molecule has 0 spiro atoms. The van der Waals surface area contributed by atoms with Crippen LogP contribution in [0.3, 0.4) is 0 Å². The van der Waals surface area contributed by atoms with Gasteiger partial charge in [0.25, 0.3) is 0 Å². The van der Waals surface area contributed by atoms with Crippen LogP contribution in [-0.2, 0) is 6.42 Å². The summed E-state index contributed by atoms with van der Waals surface area (Å²) in [6.07, 6.45) is 1.20. The van der Waals surface area contributed by atoms with Gasteiger partial charge in [-0.05, 0) is 49.9 Å². The van der Waals surface area contributed by atoms with Gasteiger partial charge in [-0.15, -0.1) is 0 Å². The van der Waals surface area contributed by atoms with Gasteiger partial charge in [-0.2, -0.15) is 0 Å². The Morgan fingerprint density at radius 3 is 2.28 bits per heavy atom. The molecule has 0 radical (unpaired) electrons. The van der Waals surface area contributed by atoms with Crippen LogP contribution in [0.4, 0.5) is 0 Å². The zero-order chi connectivity index (χ0) is 13.0. The summed E-state index contributed by atoms with van der Waals surface area (Å²) in [7, 11) is 0. The van der Waals surface area contributed by atoms with Gasteiger partial charge in [0.2, 0.25) is 0 Å². The number of rotatable bonds is 4. The molecule has 0 unspecified atom stereocenters. The molecule has 2 aromatic rings. The van der Waals surface area contributed by atoms with Gasteiger partial charge in [-0.3, -0.25) is 0 Å². The second kappa shape index (κ2) is 5.72. The van der Waals surface area contributed by atoms with Crippen LogP contribution in [0, 0.1) is 6.92 Å². The van der Waals surface area contributed by atoms with Crippen LogP contribution >= 0.6 is 0 Å². The number of ether oxygens (including phenoxy) is 1. The van der Waals surface area contributed by atoms with Crippen LogP contribution in [0.1, 0.15) is 30.5 Å². The molecular weight excluding hydrogens is 220 g/mol. The smallest absolute Gasteiger partial charge is 0.122 e. The monoisotopic (exact) mass is 240 g/mol. The van der Waals surface area contributed by atoms with Gasteiger partial charge >= 0.3 is 0 Å². The Labute approximate surface area is 109 Å². The number of hydrogen-bond acceptors (Lipinski definition) is 1. The van der Waals surface area contributed by atoms with E-state index in [4.69, 9.17) is 4.74 Å². The summed E-state index contributed by atoms with van der Waals surface area (Å²) >= 11 is 0. The molecule has 1 heteroatoms. The predicted molar refractivity (Wildman–Crippen MR) is 76.2 cm³/mol. The fourth-order valence-corrected chi connectivity index (χ4v) is 2.04. The molecule has 0 saturated heterocycles. The van der Waals surface area contributed by atoms with Crippen LogP contribution in [-0.4, -0.2) is 6.10 Å². The zero-order valence-corrected chi connectivity index (χ0v) is 11.3. The molecule has 0 aliphatic carbocycles. The van der Waals surface area contributed by atoms with Gasteiger partial charge in [-0.25, -0.2) is 0 Å². The molecule has 0 N–H and O–H groups in total. The molecule has 0 aromatic heterocycles. The molecule has 18 heavy (non-hydrogen) atoms. The Morgan fingerprint density at radius 1 is 0.944 bits per heavy atom. The summed E-state index contributed by atoms with van der Waals surface area (Å²) in [5.74, 6) is 0.988. The van der Waals surface area contributed by atoms with Gasteiger partial charge in [0, 0.05) is 0 Å². The minimum Gasteiger partial charge on any atom is -0.491 e. The largest absolute Gasteiger partial charge is 0.491 e. The first kappa shape index (κ1) is 12.7. The molecule has 0 atom stereocenters. The molecule has 1 nitrogen and oxygen atoms in total. The fraction of sp³-hybridized carbons (Fsp3) is 0.294. The SMILES string of the molecule is Cc1cc(Cc2ccccc2)ccc1OC(C)C. The maximum absolute atomic E-state index is 5.75. The van der Waals surface area contributed by atoms with Crippen molar-refractivity contribution >= 4 is 0 Å². The third-order valence-electron chi connectivity index (χ3n) is 2.85. The lowest BCUT2D eigenvalue weighted by Gasteiger charge is -2.13. The third-order valence-corrected chi connectivity index (χ3v) is 2.85. The van der Waals surface area contributed by atoms with Crippen molar-refractivity contribution in [2.24, 2.45) is 0 Å². The fourth-order valence-electron chi connectivity index (χ4n) is 2.04. The highest BCUT2D eigenvalue weighted by Gasteiger charge is 2.03. The lowest BCUT2D eigenvalue weighted by atomic mass is 10.0. The summed E-state index contributed by atoms with van der Waals surface area (Å²) < 4.78 is 5.75. The van der Waals surface area contributed by atoms with Crippen LogP contribution in [0.15, 0.2) is 48.5 Å². The molecule has 0 aliphatic rings. The highest BCUT2D eigenvalue weighted by molar-refractivity contribution is 5.38. The maximum atomic E-state index is 5.75. The topological polar surface area (TPSA) is 9.23 Å². The average molecular weight is 240 g/mol. The summed E-state index contributed by atoms with van der Waals surface area (Å²) in [5, 5.41) is 0. The van der Waals surface area contributed by atoms with Crippen molar-refractivity contribution in [1.82, 2.24) is 0 Å². The molecule has 0 bridgehead atoms. The van der Waals surface area contributed by atoms with Crippen molar-refractivity contribution in [3.63, 3.8) is 0 Å². The first-order chi connectivity index (χ1) is 8.65. The van der Waals surface area contributed by atoms with E-state index in [0.717, 1.165) is 12.2 Å². The Hall–Kier alpha value is -1.76. The summed E-state index contributed by atoms with van der Waals surface area (Å²) in [6, 6.07) is 17.0. The van der Waals surface area contributed by atoms with E-state index in [1.165, 1.54) is 16.7 Å². The Morgan fingerprint density at radius 2 is 1.67 bits per heavy atom. The minimum absolute atomic E-state index is 0.226. The second-order valence-electron chi connectivity index (χ2n) is 4.93. The van der Waals surface area contributed by atoms with Crippen LogP contribution in [0.2, 0.25) is 0 Å². The van der Waals surface area contributed by atoms with Crippen molar-refractivity contribution in [3.05, 3.63) is 65.2 Å². The van der Waals surface area contributed by atoms with E-state index >= 15 is 0 Å². The molecule has 0 aliphatic heterocycles. The number of benzene rings is 2. The van der Waals surface area contributed by atoms with E-state index in [2.05, 4.69) is 63.2 Å². The summed E-state index contributed by atoms with van der Waals surface area (Å²) in [5.41, 5.74) is 3.88. The standard InChI is InChI=1S/C17H20O/c1-13(2)18-17-10-9-16(11-14(17)3)12-15-7-5-4-6-8-15/h4-11,13H,12H2,1-3H3. The van der Waals surface area contributed by atoms with Crippen molar-refractivity contribution < 1.29 is 4.74 Å². The maximum Gasteiger partial charge on any atom is 0.122 e. The highest BCUT2D eigenvalue weighted by Crippen LogP contribution is 2.21. The highest BCUT2D eigenvalue weighted by atomic mass is 16.5. The van der Waals surface area contributed by atoms with Crippen molar-refractivity contribution in [2.45, 2.75) is 33.3 Å². The van der Waals surface area contributed by atoms with E-state index < -0.39 is 0 Å². The Balaban J connectivity index is 2.14. The first-order valence-corrected chi connectivity index (χ1v) is 6.45. The normalized spacial score (nSPS) is 10.7. The predicted octanol–water partition coefficient (Wildman–Crippen LogP) is 4.37. The molecule has 0 heterocycles. The van der Waals surface area contributed by atoms with E-state index in [1.54, 1.807) is 0 Å². The van der Waals surface area contributed by atoms with E-state index in [1.807, 2.05) is 6.07 Å². The molecule has 94 valence electrons. The second-order valence-corrected chi connectivity index (χ2v) is 4.93. The lowest BCUT2D eigenvalue weighted by Crippen LogP contribution is -2.06. The van der Waals surface area contributed by atoms with Gasteiger partial charge < -0.3 is 4.74 Å². The van der Waals surface area contributed by atoms with Crippen LogP contribution in [0.5, 0.6) is 5.75 Å². The van der Waals surface area contributed by atoms with Gasteiger partial charge in [0.1, 0.15) is 5.75 Å². The van der Waals surface area contributed by atoms with Crippen molar-refractivity contribution in [2.75, 3.05) is 0 Å². The molecule has 0 amide bonds. The van der Waals surface area contributed by atoms with E-state index in [-0.39, 0.29) is 6.10 Å². The van der Waals surface area contributed by atoms with Gasteiger partial charge in [0.05, 0.1) is 6.10 Å². The van der Waals surface area contributed by atoms with Gasteiger partial charge in [0.15, 0.2) is 0 Å². The van der Waals surface area contributed by atoms with Crippen molar-refractivity contribution in [3.8, 4) is 5.75 Å². The van der Waals surface area contributed by atoms with Crippen LogP contribution < -0.4 is 4.74 Å². The average Bonchev–Trinajstić information content (AvgIpc) is 2.33. The van der Waals surface area contributed by atoms with Gasteiger partial charge in [-0.1, -0.05) is 42.5 Å². The molecule has 2 aromatic carbocycles. The lowest BCUT2D eigenvalue weighted by molar-refractivity contribution is 0.240. The molecule has 2 rings (SSSR count). The van der Waals surface area contributed by atoms with E-state index in [9.17, 15) is 0 Å². The first-order valence-electron chi connectivity index (χ1n) is 6.45. The summed E-state index contributed by atoms with van der Waals surface area (Å²) in [4.78, 5) is 0. The molecular formula is C17H20O. The minimum atomic E-state index is 0.226. The van der Waals surface area contributed by atoms with Crippen molar-refractivity contribution in [1.29, 1.82) is 0 Å².